The van der Waals surface area contributed by atoms with E-state index in [4.69, 9.17) is 5.11 Å². The third-order valence-corrected chi connectivity index (χ3v) is 3.29. The number of nitrogens with one attached hydrogen (secondary N) is 1. The molecule has 20 heavy (non-hydrogen) atoms. The molecule has 0 aliphatic carbocycles. The molecule has 1 unspecified atom stereocenters. The van der Waals surface area contributed by atoms with E-state index in [0.29, 0.717) is 4.88 Å². The largest absolute Gasteiger partial charge is 0.384 e. The molecule has 0 fully saturated rings. The molecule has 1 amide bonds. The van der Waals surface area contributed by atoms with Gasteiger partial charge in [0.1, 0.15) is 11.5 Å². The van der Waals surface area contributed by atoms with Gasteiger partial charge in [0, 0.05) is 5.56 Å². The van der Waals surface area contributed by atoms with E-state index in [2.05, 4.69) is 26.7 Å². The Morgan fingerprint density at radius 1 is 1.55 bits per heavy atom. The summed E-state index contributed by atoms with van der Waals surface area (Å²) in [6.07, 6.45) is 1.44. The number of amides is 1. The highest BCUT2D eigenvalue weighted by Crippen LogP contribution is 2.15. The van der Waals surface area contributed by atoms with E-state index in [1.807, 2.05) is 31.2 Å². The number of carbonyl (C=O) groups is 1. The molecular formula is C14H13N3O2S. The quantitative estimate of drug-likeness (QED) is 0.836. The maximum Gasteiger partial charge on any atom is 0.265 e. The molecule has 2 aromatic rings. The zero-order valence-electron chi connectivity index (χ0n) is 10.8. The third kappa shape index (κ3) is 3.63. The van der Waals surface area contributed by atoms with E-state index >= 15 is 0 Å². The number of carbonyl (C=O) groups excluding carboxylic acids is 1. The molecule has 0 saturated carbocycles. The topological polar surface area (TPSA) is 75.1 Å². The van der Waals surface area contributed by atoms with Crippen molar-refractivity contribution in [3.8, 4) is 11.8 Å². The van der Waals surface area contributed by atoms with E-state index in [1.54, 1.807) is 0 Å². The lowest BCUT2D eigenvalue weighted by Gasteiger charge is -2.13. The average Bonchev–Trinajstić information content (AvgIpc) is 2.99. The van der Waals surface area contributed by atoms with Gasteiger partial charge in [0.2, 0.25) is 0 Å². The Balaban J connectivity index is 2.09. The lowest BCUT2D eigenvalue weighted by Crippen LogP contribution is -2.25. The number of hydrogen-bond donors (Lipinski definition) is 2. The molecular weight excluding hydrogens is 274 g/mol. The first-order valence-corrected chi connectivity index (χ1v) is 6.76. The summed E-state index contributed by atoms with van der Waals surface area (Å²) < 4.78 is 3.66. The van der Waals surface area contributed by atoms with Crippen LogP contribution < -0.4 is 5.32 Å². The SMILES string of the molecule is CC(NC(=O)c1cnns1)c1cccc(C#CCO)c1. The fraction of sp³-hybridized carbons (Fsp3) is 0.214. The molecule has 0 aliphatic heterocycles. The smallest absolute Gasteiger partial charge is 0.265 e. The number of rotatable bonds is 3. The summed E-state index contributed by atoms with van der Waals surface area (Å²) >= 11 is 1.06. The zero-order chi connectivity index (χ0) is 14.4. The second kappa shape index (κ2) is 6.80. The van der Waals surface area contributed by atoms with Gasteiger partial charge >= 0.3 is 0 Å². The summed E-state index contributed by atoms with van der Waals surface area (Å²) in [6.45, 7) is 1.72. The Morgan fingerprint density at radius 2 is 2.40 bits per heavy atom. The predicted octanol–water partition coefficient (Wildman–Crippen LogP) is 1.37. The van der Waals surface area contributed by atoms with Gasteiger partial charge in [-0.05, 0) is 36.2 Å². The molecule has 1 aromatic heterocycles. The van der Waals surface area contributed by atoms with Crippen LogP contribution in [-0.2, 0) is 0 Å². The molecule has 1 aromatic carbocycles. The van der Waals surface area contributed by atoms with Crippen molar-refractivity contribution < 1.29 is 9.90 Å². The standard InChI is InChI=1S/C14H13N3O2S/c1-10(16-14(19)13-9-15-17-20-13)12-6-2-4-11(8-12)5-3-7-18/h2,4,6,8-10,18H,7H2,1H3,(H,16,19). The maximum atomic E-state index is 11.9. The Kier molecular flexibility index (Phi) is 4.82. The number of aliphatic hydroxyl groups is 1. The molecule has 0 bridgehead atoms. The number of nitrogens with zero attached hydrogens (tertiary/aromatic N) is 2. The van der Waals surface area contributed by atoms with Gasteiger partial charge in [-0.25, -0.2) is 0 Å². The molecule has 2 rings (SSSR count). The summed E-state index contributed by atoms with van der Waals surface area (Å²) in [6, 6.07) is 7.38. The maximum absolute atomic E-state index is 11.9. The Hall–Kier alpha value is -2.23. The summed E-state index contributed by atoms with van der Waals surface area (Å²) in [5.41, 5.74) is 1.75. The van der Waals surface area contributed by atoms with Crippen LogP contribution in [0.1, 0.15) is 33.8 Å². The molecule has 5 nitrogen and oxygen atoms in total. The van der Waals surface area contributed by atoms with E-state index < -0.39 is 0 Å². The van der Waals surface area contributed by atoms with Gasteiger partial charge in [0.05, 0.1) is 12.2 Å². The van der Waals surface area contributed by atoms with Crippen LogP contribution in [0.4, 0.5) is 0 Å². The van der Waals surface area contributed by atoms with E-state index in [0.717, 1.165) is 22.7 Å². The van der Waals surface area contributed by atoms with Crippen LogP contribution >= 0.6 is 11.5 Å². The first kappa shape index (κ1) is 14.2. The molecule has 0 radical (unpaired) electrons. The molecule has 102 valence electrons. The second-order valence-electron chi connectivity index (χ2n) is 4.06. The van der Waals surface area contributed by atoms with Crippen LogP contribution in [0.3, 0.4) is 0 Å². The highest BCUT2D eigenvalue weighted by atomic mass is 32.1. The highest BCUT2D eigenvalue weighted by molar-refractivity contribution is 7.07. The van der Waals surface area contributed by atoms with Crippen LogP contribution in [0.2, 0.25) is 0 Å². The van der Waals surface area contributed by atoms with Crippen molar-refractivity contribution >= 4 is 17.4 Å². The van der Waals surface area contributed by atoms with Gasteiger partial charge in [-0.1, -0.05) is 28.5 Å². The zero-order valence-corrected chi connectivity index (χ0v) is 11.6. The number of hydrogen-bond acceptors (Lipinski definition) is 5. The predicted molar refractivity (Wildman–Crippen MR) is 76.2 cm³/mol. The third-order valence-electron chi connectivity index (χ3n) is 2.63. The summed E-state index contributed by atoms with van der Waals surface area (Å²) in [7, 11) is 0. The Labute approximate surface area is 120 Å². The summed E-state index contributed by atoms with van der Waals surface area (Å²) in [4.78, 5) is 12.4. The molecule has 0 aliphatic rings. The second-order valence-corrected chi connectivity index (χ2v) is 4.85. The molecule has 0 spiro atoms. The van der Waals surface area contributed by atoms with Crippen LogP contribution in [0.5, 0.6) is 0 Å². The van der Waals surface area contributed by atoms with Crippen molar-refractivity contribution in [3.63, 3.8) is 0 Å². The van der Waals surface area contributed by atoms with E-state index in [9.17, 15) is 4.79 Å². The minimum atomic E-state index is -0.195. The Bertz CT molecular complexity index is 644. The van der Waals surface area contributed by atoms with E-state index in [-0.39, 0.29) is 18.6 Å². The van der Waals surface area contributed by atoms with Gasteiger partial charge in [-0.2, -0.15) is 0 Å². The first-order chi connectivity index (χ1) is 9.70. The number of benzene rings is 1. The van der Waals surface area contributed by atoms with Gasteiger partial charge in [-0.3, -0.25) is 4.79 Å². The lowest BCUT2D eigenvalue weighted by atomic mass is 10.1. The van der Waals surface area contributed by atoms with Crippen LogP contribution in [-0.4, -0.2) is 27.2 Å². The summed E-state index contributed by atoms with van der Waals surface area (Å²) in [5.74, 6) is 5.24. The van der Waals surface area contributed by atoms with Crippen molar-refractivity contribution in [2.24, 2.45) is 0 Å². The average molecular weight is 287 g/mol. The van der Waals surface area contributed by atoms with Crippen LogP contribution in [0.25, 0.3) is 0 Å². The van der Waals surface area contributed by atoms with Crippen LogP contribution in [0, 0.1) is 11.8 Å². The van der Waals surface area contributed by atoms with Gasteiger partial charge < -0.3 is 10.4 Å². The molecule has 2 N–H and O–H groups in total. The lowest BCUT2D eigenvalue weighted by molar-refractivity contribution is 0.0944. The molecule has 6 heteroatoms. The highest BCUT2D eigenvalue weighted by Gasteiger charge is 2.13. The van der Waals surface area contributed by atoms with Gasteiger partial charge in [0.25, 0.3) is 5.91 Å². The fourth-order valence-electron chi connectivity index (χ4n) is 1.65. The van der Waals surface area contributed by atoms with Crippen molar-refractivity contribution in [1.29, 1.82) is 0 Å². The molecule has 1 atom stereocenters. The molecule has 1 heterocycles. The number of aliphatic hydroxyl groups excluding tert-OH is 1. The van der Waals surface area contributed by atoms with Crippen molar-refractivity contribution in [3.05, 3.63) is 46.5 Å². The monoisotopic (exact) mass is 287 g/mol. The van der Waals surface area contributed by atoms with E-state index in [1.165, 1.54) is 6.20 Å². The molecule has 0 saturated heterocycles. The first-order valence-electron chi connectivity index (χ1n) is 5.98. The fourth-order valence-corrected chi connectivity index (χ4v) is 2.06. The van der Waals surface area contributed by atoms with Crippen LogP contribution in [0.15, 0.2) is 30.5 Å². The Morgan fingerprint density at radius 3 is 3.10 bits per heavy atom. The number of aromatic nitrogens is 2. The van der Waals surface area contributed by atoms with Gasteiger partial charge in [-0.15, -0.1) is 5.10 Å². The minimum absolute atomic E-state index is 0.152. The minimum Gasteiger partial charge on any atom is -0.384 e. The normalized spacial score (nSPS) is 11.3. The van der Waals surface area contributed by atoms with Gasteiger partial charge in [0.15, 0.2) is 0 Å². The van der Waals surface area contributed by atoms with Crippen molar-refractivity contribution in [1.82, 2.24) is 14.9 Å². The van der Waals surface area contributed by atoms with Crippen molar-refractivity contribution in [2.45, 2.75) is 13.0 Å². The summed E-state index contributed by atoms with van der Waals surface area (Å²) in [5, 5.41) is 15.2. The van der Waals surface area contributed by atoms with Crippen molar-refractivity contribution in [2.75, 3.05) is 6.61 Å².